The van der Waals surface area contributed by atoms with Gasteiger partial charge in [0.25, 0.3) is 0 Å². The van der Waals surface area contributed by atoms with Crippen molar-refractivity contribution in [2.45, 2.75) is 26.2 Å². The van der Waals surface area contributed by atoms with E-state index >= 15 is 0 Å². The molecular weight excluding hydrogens is 438 g/mol. The van der Waals surface area contributed by atoms with Crippen molar-refractivity contribution in [3.63, 3.8) is 0 Å². The highest BCUT2D eigenvalue weighted by atomic mass is 16.4. The summed E-state index contributed by atoms with van der Waals surface area (Å²) in [5.41, 5.74) is 2.91. The minimum absolute atomic E-state index is 0.0397. The molecule has 1 aliphatic heterocycles. The SMILES string of the molecule is CCN(CCN1CCCCC1)c1ccc(/C=C/C(=O)c2cc3ccc(N(C)C)cc3oc2=O)cc1. The average molecular weight is 474 g/mol. The number of carbonyl (C=O) groups is 1. The van der Waals surface area contributed by atoms with E-state index in [2.05, 4.69) is 28.9 Å². The van der Waals surface area contributed by atoms with E-state index in [0.717, 1.165) is 36.3 Å². The van der Waals surface area contributed by atoms with E-state index in [4.69, 9.17) is 4.42 Å². The molecule has 0 amide bonds. The second-order valence-electron chi connectivity index (χ2n) is 9.34. The molecule has 1 saturated heterocycles. The van der Waals surface area contributed by atoms with Crippen LogP contribution < -0.4 is 15.4 Å². The maximum Gasteiger partial charge on any atom is 0.347 e. The van der Waals surface area contributed by atoms with E-state index in [1.165, 1.54) is 44.1 Å². The van der Waals surface area contributed by atoms with Gasteiger partial charge in [-0.25, -0.2) is 4.79 Å². The third-order valence-corrected chi connectivity index (χ3v) is 6.70. The van der Waals surface area contributed by atoms with E-state index in [1.54, 1.807) is 18.2 Å². The van der Waals surface area contributed by atoms with Gasteiger partial charge in [0.05, 0.1) is 0 Å². The lowest BCUT2D eigenvalue weighted by Crippen LogP contribution is -2.37. The molecule has 1 aliphatic rings. The number of carbonyl (C=O) groups excluding carboxylic acids is 1. The average Bonchev–Trinajstić information content (AvgIpc) is 2.88. The fourth-order valence-corrected chi connectivity index (χ4v) is 4.52. The first-order valence-corrected chi connectivity index (χ1v) is 12.5. The first-order valence-electron chi connectivity index (χ1n) is 12.5. The predicted octanol–water partition coefficient (Wildman–Crippen LogP) is 5.07. The Hall–Kier alpha value is -3.38. The van der Waals surface area contributed by atoms with Gasteiger partial charge in [-0.2, -0.15) is 0 Å². The van der Waals surface area contributed by atoms with Crippen LogP contribution in [0.25, 0.3) is 17.0 Å². The van der Waals surface area contributed by atoms with Gasteiger partial charge in [0.2, 0.25) is 0 Å². The second-order valence-corrected chi connectivity index (χ2v) is 9.34. The number of piperidine rings is 1. The summed E-state index contributed by atoms with van der Waals surface area (Å²) in [7, 11) is 3.84. The van der Waals surface area contributed by atoms with Crippen molar-refractivity contribution in [2.24, 2.45) is 0 Å². The smallest absolute Gasteiger partial charge is 0.347 e. The van der Waals surface area contributed by atoms with Crippen molar-refractivity contribution in [1.29, 1.82) is 0 Å². The van der Waals surface area contributed by atoms with Crippen LogP contribution in [0, 0.1) is 0 Å². The fraction of sp³-hybridized carbons (Fsp3) is 0.379. The number of anilines is 2. The Morgan fingerprint density at radius 2 is 1.71 bits per heavy atom. The molecule has 0 bridgehead atoms. The highest BCUT2D eigenvalue weighted by molar-refractivity contribution is 6.07. The zero-order valence-electron chi connectivity index (χ0n) is 21.0. The van der Waals surface area contributed by atoms with E-state index < -0.39 is 5.63 Å². The second kappa shape index (κ2) is 11.4. The molecule has 1 fully saturated rings. The van der Waals surface area contributed by atoms with Crippen LogP contribution in [0.1, 0.15) is 42.1 Å². The van der Waals surface area contributed by atoms with Crippen molar-refractivity contribution in [3.05, 3.63) is 76.2 Å². The zero-order valence-corrected chi connectivity index (χ0v) is 21.0. The lowest BCUT2D eigenvalue weighted by Gasteiger charge is -2.30. The lowest BCUT2D eigenvalue weighted by atomic mass is 10.1. The maximum atomic E-state index is 12.7. The highest BCUT2D eigenvalue weighted by Crippen LogP contribution is 2.21. The molecule has 0 spiro atoms. The van der Waals surface area contributed by atoms with Gasteiger partial charge < -0.3 is 19.1 Å². The van der Waals surface area contributed by atoms with Crippen LogP contribution in [-0.4, -0.2) is 57.5 Å². The molecule has 4 rings (SSSR count). The molecule has 35 heavy (non-hydrogen) atoms. The molecule has 0 aliphatic carbocycles. The van der Waals surface area contributed by atoms with Gasteiger partial charge in [-0.15, -0.1) is 0 Å². The Morgan fingerprint density at radius 3 is 2.40 bits per heavy atom. The van der Waals surface area contributed by atoms with Gasteiger partial charge in [-0.3, -0.25) is 4.79 Å². The van der Waals surface area contributed by atoms with Gasteiger partial charge in [0.15, 0.2) is 5.78 Å². The zero-order chi connectivity index (χ0) is 24.8. The molecule has 0 radical (unpaired) electrons. The maximum absolute atomic E-state index is 12.7. The van der Waals surface area contributed by atoms with Crippen molar-refractivity contribution < 1.29 is 9.21 Å². The monoisotopic (exact) mass is 473 g/mol. The predicted molar refractivity (Wildman–Crippen MR) is 145 cm³/mol. The molecule has 2 heterocycles. The van der Waals surface area contributed by atoms with Crippen LogP contribution >= 0.6 is 0 Å². The normalized spacial score (nSPS) is 14.5. The van der Waals surface area contributed by atoms with E-state index in [0.29, 0.717) is 5.58 Å². The van der Waals surface area contributed by atoms with Crippen LogP contribution in [-0.2, 0) is 0 Å². The summed E-state index contributed by atoms with van der Waals surface area (Å²) in [4.78, 5) is 32.1. The molecular formula is C29H35N3O3. The minimum Gasteiger partial charge on any atom is -0.422 e. The fourth-order valence-electron chi connectivity index (χ4n) is 4.52. The summed E-state index contributed by atoms with van der Waals surface area (Å²) in [5.74, 6) is -0.363. The topological polar surface area (TPSA) is 57.0 Å². The van der Waals surface area contributed by atoms with Crippen molar-refractivity contribution >= 4 is 34.2 Å². The molecule has 0 atom stereocenters. The number of ketones is 1. The van der Waals surface area contributed by atoms with Crippen LogP contribution in [0.2, 0.25) is 0 Å². The van der Waals surface area contributed by atoms with Crippen molar-refractivity contribution in [1.82, 2.24) is 4.90 Å². The van der Waals surface area contributed by atoms with Gasteiger partial charge in [0.1, 0.15) is 11.1 Å². The first-order chi connectivity index (χ1) is 16.9. The van der Waals surface area contributed by atoms with Crippen LogP contribution in [0.3, 0.4) is 0 Å². The van der Waals surface area contributed by atoms with Gasteiger partial charge in [-0.1, -0.05) is 24.6 Å². The molecule has 0 N–H and O–H groups in total. The number of allylic oxidation sites excluding steroid dienone is 1. The van der Waals surface area contributed by atoms with Crippen LogP contribution in [0.5, 0.6) is 0 Å². The Kier molecular flexibility index (Phi) is 8.03. The van der Waals surface area contributed by atoms with Crippen molar-refractivity contribution in [2.75, 3.05) is 56.6 Å². The summed E-state index contributed by atoms with van der Waals surface area (Å²) in [6, 6.07) is 15.4. The summed E-state index contributed by atoms with van der Waals surface area (Å²) in [6.07, 6.45) is 7.16. The summed E-state index contributed by atoms with van der Waals surface area (Å²) >= 11 is 0. The Morgan fingerprint density at radius 1 is 1.00 bits per heavy atom. The van der Waals surface area contributed by atoms with Crippen LogP contribution in [0.15, 0.2) is 63.8 Å². The van der Waals surface area contributed by atoms with E-state index in [9.17, 15) is 9.59 Å². The molecule has 1 aromatic heterocycles. The number of nitrogens with zero attached hydrogens (tertiary/aromatic N) is 3. The molecule has 6 heteroatoms. The molecule has 3 aromatic rings. The molecule has 6 nitrogen and oxygen atoms in total. The quantitative estimate of drug-likeness (QED) is 0.246. The molecule has 184 valence electrons. The number of hydrogen-bond donors (Lipinski definition) is 0. The number of likely N-dealkylation sites (tertiary alicyclic amines) is 1. The van der Waals surface area contributed by atoms with Gasteiger partial charge >= 0.3 is 5.63 Å². The third-order valence-electron chi connectivity index (χ3n) is 6.70. The summed E-state index contributed by atoms with van der Waals surface area (Å²) in [6.45, 7) is 7.66. The summed E-state index contributed by atoms with van der Waals surface area (Å²) < 4.78 is 5.43. The highest BCUT2D eigenvalue weighted by Gasteiger charge is 2.13. The number of likely N-dealkylation sites (N-methyl/N-ethyl adjacent to an activating group) is 1. The molecule has 0 saturated carbocycles. The Bertz CT molecular complexity index is 1240. The minimum atomic E-state index is -0.620. The van der Waals surface area contributed by atoms with E-state index in [1.807, 2.05) is 43.3 Å². The first kappa shape index (κ1) is 24.7. The lowest BCUT2D eigenvalue weighted by molar-refractivity contribution is 0.104. The van der Waals surface area contributed by atoms with Crippen molar-refractivity contribution in [3.8, 4) is 0 Å². The number of benzene rings is 2. The number of hydrogen-bond acceptors (Lipinski definition) is 6. The Labute approximate surface area is 207 Å². The third kappa shape index (κ3) is 6.20. The summed E-state index contributed by atoms with van der Waals surface area (Å²) in [5, 5.41) is 0.723. The standard InChI is InChI=1S/C29H35N3O3/c1-4-32(19-18-31-16-6-5-7-17-31)24-12-8-22(9-13-24)10-15-27(33)26-20-23-11-14-25(30(2)3)21-28(23)35-29(26)34/h8-15,20-21H,4-7,16-19H2,1-3H3/b15-10+. The molecule has 0 unspecified atom stereocenters. The van der Waals surface area contributed by atoms with E-state index in [-0.39, 0.29) is 11.3 Å². The van der Waals surface area contributed by atoms with Crippen LogP contribution in [0.4, 0.5) is 11.4 Å². The number of rotatable bonds is 9. The van der Waals surface area contributed by atoms with Gasteiger partial charge in [0, 0.05) is 56.6 Å². The number of fused-ring (bicyclic) bond motifs is 1. The molecule has 2 aromatic carbocycles. The van der Waals surface area contributed by atoms with Gasteiger partial charge in [-0.05, 0) is 74.8 Å². The largest absolute Gasteiger partial charge is 0.422 e. The Balaban J connectivity index is 1.42.